The number of hydrogen-bond acceptors (Lipinski definition) is 2. The molecule has 1 rings (SSSR count). The lowest BCUT2D eigenvalue weighted by molar-refractivity contribution is -0.217. The van der Waals surface area contributed by atoms with E-state index in [1.807, 2.05) is 0 Å². The highest BCUT2D eigenvalue weighted by atomic mass is 19.4. The minimum Gasteiger partial charge on any atom is -0.478 e. The second-order valence-electron chi connectivity index (χ2n) is 4.01. The number of ether oxygens (including phenoxy) is 1. The number of hydrogen-bond donors (Lipinski definition) is 1. The number of carbonyl (C=O) groups is 1. The maximum absolute atomic E-state index is 13.1. The van der Waals surface area contributed by atoms with Crippen molar-refractivity contribution >= 4 is 12.0 Å². The van der Waals surface area contributed by atoms with Crippen LogP contribution in [0.25, 0.3) is 6.08 Å². The summed E-state index contributed by atoms with van der Waals surface area (Å²) in [6.07, 6.45) is -4.59. The Morgan fingerprint density at radius 2 is 2.10 bits per heavy atom. The molecule has 0 bridgehead atoms. The molecule has 1 unspecified atom stereocenters. The van der Waals surface area contributed by atoms with E-state index in [1.54, 1.807) is 0 Å². The van der Waals surface area contributed by atoms with Crippen LogP contribution in [-0.2, 0) is 16.1 Å². The van der Waals surface area contributed by atoms with E-state index >= 15 is 0 Å². The van der Waals surface area contributed by atoms with Crippen molar-refractivity contribution in [3.63, 3.8) is 0 Å². The van der Waals surface area contributed by atoms with Crippen LogP contribution >= 0.6 is 0 Å². The van der Waals surface area contributed by atoms with E-state index < -0.39 is 30.7 Å². The lowest BCUT2D eigenvalue weighted by Crippen LogP contribution is -2.28. The number of carboxylic acid groups (broad SMARTS) is 1. The average Bonchev–Trinajstić information content (AvgIpc) is 2.33. The fourth-order valence-electron chi connectivity index (χ4n) is 1.32. The third-order valence-electron chi connectivity index (χ3n) is 2.46. The van der Waals surface area contributed by atoms with Crippen LogP contribution in [0, 0.1) is 5.82 Å². The van der Waals surface area contributed by atoms with Gasteiger partial charge in [0.05, 0.1) is 6.61 Å². The third kappa shape index (κ3) is 5.00. The molecule has 0 aliphatic rings. The van der Waals surface area contributed by atoms with Crippen molar-refractivity contribution in [3.8, 4) is 0 Å². The van der Waals surface area contributed by atoms with E-state index in [-0.39, 0.29) is 11.1 Å². The van der Waals surface area contributed by atoms with Gasteiger partial charge in [-0.1, -0.05) is 6.07 Å². The quantitative estimate of drug-likeness (QED) is 0.668. The number of alkyl halides is 3. The Morgan fingerprint density at radius 1 is 1.45 bits per heavy atom. The van der Waals surface area contributed by atoms with E-state index in [1.165, 1.54) is 6.07 Å². The highest BCUT2D eigenvalue weighted by Crippen LogP contribution is 2.24. The van der Waals surface area contributed by atoms with Gasteiger partial charge in [-0.15, -0.1) is 0 Å². The first kappa shape index (κ1) is 16.2. The van der Waals surface area contributed by atoms with Crippen LogP contribution in [0.2, 0.25) is 0 Å². The van der Waals surface area contributed by atoms with Crippen LogP contribution in [0.3, 0.4) is 0 Å². The standard InChI is InChI=1S/C13H12F4O3/c1-8(13(15,16)17)20-7-10-2-4-11(14)6-9(10)3-5-12(18)19/h2-6,8H,7H2,1H3,(H,18,19). The van der Waals surface area contributed by atoms with Crippen molar-refractivity contribution < 1.29 is 32.2 Å². The summed E-state index contributed by atoms with van der Waals surface area (Å²) < 4.78 is 54.6. The van der Waals surface area contributed by atoms with Crippen molar-refractivity contribution in [1.82, 2.24) is 0 Å². The zero-order valence-electron chi connectivity index (χ0n) is 10.4. The zero-order valence-corrected chi connectivity index (χ0v) is 10.4. The molecule has 110 valence electrons. The molecular formula is C13H12F4O3. The fourth-order valence-corrected chi connectivity index (χ4v) is 1.32. The molecule has 0 heterocycles. The molecular weight excluding hydrogens is 280 g/mol. The van der Waals surface area contributed by atoms with Crippen molar-refractivity contribution in [3.05, 3.63) is 41.2 Å². The van der Waals surface area contributed by atoms with Crippen LogP contribution in [-0.4, -0.2) is 23.4 Å². The monoisotopic (exact) mass is 292 g/mol. The van der Waals surface area contributed by atoms with E-state index in [0.29, 0.717) is 0 Å². The Balaban J connectivity index is 2.87. The molecule has 0 fully saturated rings. The van der Waals surface area contributed by atoms with Gasteiger partial charge in [0.1, 0.15) is 5.82 Å². The smallest absolute Gasteiger partial charge is 0.414 e. The van der Waals surface area contributed by atoms with Gasteiger partial charge in [0, 0.05) is 6.08 Å². The number of aliphatic carboxylic acids is 1. The molecule has 0 aliphatic carbocycles. The van der Waals surface area contributed by atoms with Crippen LogP contribution in [0.1, 0.15) is 18.1 Å². The van der Waals surface area contributed by atoms with E-state index in [4.69, 9.17) is 5.11 Å². The molecule has 1 aromatic carbocycles. The highest BCUT2D eigenvalue weighted by Gasteiger charge is 2.36. The van der Waals surface area contributed by atoms with Crippen molar-refractivity contribution in [1.29, 1.82) is 0 Å². The van der Waals surface area contributed by atoms with Crippen molar-refractivity contribution in [2.75, 3.05) is 0 Å². The Hall–Kier alpha value is -1.89. The van der Waals surface area contributed by atoms with E-state index in [0.717, 1.165) is 31.2 Å². The van der Waals surface area contributed by atoms with Gasteiger partial charge in [0.15, 0.2) is 6.10 Å². The van der Waals surface area contributed by atoms with E-state index in [9.17, 15) is 22.4 Å². The summed E-state index contributed by atoms with van der Waals surface area (Å²) in [5, 5.41) is 8.50. The normalized spacial score (nSPS) is 13.7. The van der Waals surface area contributed by atoms with Gasteiger partial charge in [-0.05, 0) is 36.3 Å². The molecule has 7 heteroatoms. The first-order valence-electron chi connectivity index (χ1n) is 5.58. The van der Waals surface area contributed by atoms with Crippen molar-refractivity contribution in [2.24, 2.45) is 0 Å². The molecule has 0 aliphatic heterocycles. The van der Waals surface area contributed by atoms with Gasteiger partial charge in [0.25, 0.3) is 0 Å². The predicted molar refractivity (Wildman–Crippen MR) is 63.4 cm³/mol. The maximum Gasteiger partial charge on any atom is 0.414 e. The second-order valence-corrected chi connectivity index (χ2v) is 4.01. The van der Waals surface area contributed by atoms with Gasteiger partial charge in [-0.3, -0.25) is 0 Å². The molecule has 0 aromatic heterocycles. The summed E-state index contributed by atoms with van der Waals surface area (Å²) in [6, 6.07) is 3.34. The van der Waals surface area contributed by atoms with Crippen molar-refractivity contribution in [2.45, 2.75) is 25.8 Å². The molecule has 1 aromatic rings. The SMILES string of the molecule is CC(OCc1ccc(F)cc1C=CC(=O)O)C(F)(F)F. The minimum absolute atomic E-state index is 0.154. The Bertz CT molecular complexity index is 509. The van der Waals surface area contributed by atoms with E-state index in [2.05, 4.69) is 4.74 Å². The third-order valence-corrected chi connectivity index (χ3v) is 2.46. The summed E-state index contributed by atoms with van der Waals surface area (Å²) in [5.41, 5.74) is 0.418. The summed E-state index contributed by atoms with van der Waals surface area (Å²) in [5.74, 6) is -1.87. The number of carboxylic acids is 1. The molecule has 3 nitrogen and oxygen atoms in total. The lowest BCUT2D eigenvalue weighted by atomic mass is 10.1. The first-order valence-corrected chi connectivity index (χ1v) is 5.58. The van der Waals surface area contributed by atoms with Crippen LogP contribution < -0.4 is 0 Å². The topological polar surface area (TPSA) is 46.5 Å². The Labute approximate surface area is 112 Å². The van der Waals surface area contributed by atoms with Gasteiger partial charge in [0.2, 0.25) is 0 Å². The lowest BCUT2D eigenvalue weighted by Gasteiger charge is -2.17. The maximum atomic E-state index is 13.1. The number of benzene rings is 1. The van der Waals surface area contributed by atoms with Gasteiger partial charge >= 0.3 is 12.1 Å². The molecule has 1 N–H and O–H groups in total. The zero-order chi connectivity index (χ0) is 15.3. The molecule has 0 amide bonds. The molecule has 1 atom stereocenters. The Kier molecular flexibility index (Phi) is 5.26. The van der Waals surface area contributed by atoms with Crippen LogP contribution in [0.4, 0.5) is 17.6 Å². The molecule has 0 radical (unpaired) electrons. The fraction of sp³-hybridized carbons (Fsp3) is 0.308. The van der Waals surface area contributed by atoms with Gasteiger partial charge in [-0.2, -0.15) is 13.2 Å². The second kappa shape index (κ2) is 6.51. The molecule has 0 saturated carbocycles. The summed E-state index contributed by atoms with van der Waals surface area (Å²) in [4.78, 5) is 10.4. The number of halogens is 4. The predicted octanol–water partition coefficient (Wildman–Crippen LogP) is 3.39. The molecule has 20 heavy (non-hydrogen) atoms. The minimum atomic E-state index is -4.49. The summed E-state index contributed by atoms with van der Waals surface area (Å²) >= 11 is 0. The molecule has 0 spiro atoms. The largest absolute Gasteiger partial charge is 0.478 e. The van der Waals surface area contributed by atoms with Crippen LogP contribution in [0.15, 0.2) is 24.3 Å². The molecule has 0 saturated heterocycles. The van der Waals surface area contributed by atoms with Gasteiger partial charge < -0.3 is 9.84 Å². The Morgan fingerprint density at radius 3 is 2.65 bits per heavy atom. The first-order chi connectivity index (χ1) is 9.20. The van der Waals surface area contributed by atoms with Crippen LogP contribution in [0.5, 0.6) is 0 Å². The summed E-state index contributed by atoms with van der Waals surface area (Å²) in [7, 11) is 0. The highest BCUT2D eigenvalue weighted by molar-refractivity contribution is 5.85. The summed E-state index contributed by atoms with van der Waals surface area (Å²) in [6.45, 7) is 0.455. The average molecular weight is 292 g/mol. The van der Waals surface area contributed by atoms with Gasteiger partial charge in [-0.25, -0.2) is 9.18 Å². The number of rotatable bonds is 5.